The van der Waals surface area contributed by atoms with Gasteiger partial charge in [-0.3, -0.25) is 4.98 Å². The maximum Gasteiger partial charge on any atom is 0.342 e. The van der Waals surface area contributed by atoms with Gasteiger partial charge in [-0.15, -0.1) is 0 Å². The van der Waals surface area contributed by atoms with Crippen LogP contribution >= 0.6 is 0 Å². The van der Waals surface area contributed by atoms with Crippen molar-refractivity contribution in [3.8, 4) is 11.5 Å². The number of hydrogen-bond donors (Lipinski definition) is 0. The molecule has 0 unspecified atom stereocenters. The monoisotopic (exact) mass is 341 g/mol. The fraction of sp³-hybridized carbons (Fsp3) is 0.0526. The van der Waals surface area contributed by atoms with Crippen LogP contribution in [0.4, 0.5) is 8.78 Å². The lowest BCUT2D eigenvalue weighted by Gasteiger charge is -2.11. The van der Waals surface area contributed by atoms with Crippen molar-refractivity contribution in [1.29, 1.82) is 0 Å². The Hall–Kier alpha value is -3.28. The summed E-state index contributed by atoms with van der Waals surface area (Å²) in [5.41, 5.74) is 0.127. The van der Waals surface area contributed by atoms with Crippen molar-refractivity contribution in [2.24, 2.45) is 0 Å². The first kappa shape index (κ1) is 16.6. The average Bonchev–Trinajstić information content (AvgIpc) is 2.64. The molecule has 3 aromatic rings. The van der Waals surface area contributed by atoms with Gasteiger partial charge in [0, 0.05) is 11.8 Å². The molecule has 126 valence electrons. The Bertz CT molecular complexity index is 885. The van der Waals surface area contributed by atoms with Crippen LogP contribution in [0.5, 0.6) is 11.5 Å². The zero-order chi connectivity index (χ0) is 17.6. The van der Waals surface area contributed by atoms with E-state index in [-0.39, 0.29) is 23.5 Å². The molecule has 1 aromatic heterocycles. The highest BCUT2D eigenvalue weighted by atomic mass is 19.2. The number of pyridine rings is 1. The molecule has 0 saturated heterocycles. The molecule has 0 aliphatic carbocycles. The average molecular weight is 341 g/mol. The summed E-state index contributed by atoms with van der Waals surface area (Å²) in [6.45, 7) is -0.385. The fourth-order valence-corrected chi connectivity index (χ4v) is 2.14. The summed E-state index contributed by atoms with van der Waals surface area (Å²) >= 11 is 0. The minimum absolute atomic E-state index is 0.0426. The van der Waals surface area contributed by atoms with Crippen molar-refractivity contribution >= 4 is 5.97 Å². The third kappa shape index (κ3) is 3.98. The Morgan fingerprint density at radius 2 is 1.84 bits per heavy atom. The molecule has 6 heteroatoms. The van der Waals surface area contributed by atoms with Crippen LogP contribution in [0, 0.1) is 11.6 Å². The molecule has 0 spiro atoms. The lowest BCUT2D eigenvalue weighted by Crippen LogP contribution is -2.08. The van der Waals surface area contributed by atoms with Gasteiger partial charge in [-0.2, -0.15) is 0 Å². The van der Waals surface area contributed by atoms with Crippen molar-refractivity contribution in [2.75, 3.05) is 0 Å². The zero-order valence-electron chi connectivity index (χ0n) is 13.0. The van der Waals surface area contributed by atoms with Gasteiger partial charge in [-0.1, -0.05) is 24.3 Å². The zero-order valence-corrected chi connectivity index (χ0v) is 13.0. The van der Waals surface area contributed by atoms with Gasteiger partial charge in [0.15, 0.2) is 11.6 Å². The summed E-state index contributed by atoms with van der Waals surface area (Å²) in [4.78, 5) is 16.2. The van der Waals surface area contributed by atoms with E-state index >= 15 is 0 Å². The summed E-state index contributed by atoms with van der Waals surface area (Å²) in [5, 5.41) is 0. The van der Waals surface area contributed by atoms with Crippen LogP contribution < -0.4 is 4.74 Å². The van der Waals surface area contributed by atoms with E-state index < -0.39 is 17.6 Å². The van der Waals surface area contributed by atoms with E-state index in [0.717, 1.165) is 6.07 Å². The predicted molar refractivity (Wildman–Crippen MR) is 86.2 cm³/mol. The summed E-state index contributed by atoms with van der Waals surface area (Å²) in [7, 11) is 0. The number of halogens is 2. The molecule has 0 aliphatic heterocycles. The van der Waals surface area contributed by atoms with Gasteiger partial charge >= 0.3 is 5.97 Å². The second-order valence-corrected chi connectivity index (χ2v) is 5.08. The summed E-state index contributed by atoms with van der Waals surface area (Å²) in [6, 6.07) is 13.6. The standard InChI is InChI=1S/C19H13F2NO3/c20-16-8-3-5-13(18(16)21)12-24-19(23)15-7-1-2-9-17(15)25-14-6-4-10-22-11-14/h1-11H,12H2. The van der Waals surface area contributed by atoms with Crippen LogP contribution in [-0.2, 0) is 11.3 Å². The number of benzene rings is 2. The van der Waals surface area contributed by atoms with Gasteiger partial charge in [0.25, 0.3) is 0 Å². The van der Waals surface area contributed by atoms with Crippen LogP contribution in [0.3, 0.4) is 0 Å². The number of rotatable bonds is 5. The topological polar surface area (TPSA) is 48.4 Å². The first-order valence-corrected chi connectivity index (χ1v) is 7.42. The number of nitrogens with zero attached hydrogens (tertiary/aromatic N) is 1. The van der Waals surface area contributed by atoms with Crippen molar-refractivity contribution in [3.05, 3.63) is 89.8 Å². The van der Waals surface area contributed by atoms with E-state index in [4.69, 9.17) is 9.47 Å². The van der Waals surface area contributed by atoms with Crippen LogP contribution in [0.25, 0.3) is 0 Å². The lowest BCUT2D eigenvalue weighted by molar-refractivity contribution is 0.0465. The highest BCUT2D eigenvalue weighted by Gasteiger charge is 2.16. The third-order valence-corrected chi connectivity index (χ3v) is 3.36. The van der Waals surface area contributed by atoms with Gasteiger partial charge in [-0.25, -0.2) is 13.6 Å². The highest BCUT2D eigenvalue weighted by Crippen LogP contribution is 2.25. The Morgan fingerprint density at radius 1 is 1.00 bits per heavy atom. The quantitative estimate of drug-likeness (QED) is 0.641. The minimum atomic E-state index is -1.03. The normalized spacial score (nSPS) is 10.3. The van der Waals surface area contributed by atoms with E-state index in [1.807, 2.05) is 0 Å². The smallest absolute Gasteiger partial charge is 0.342 e. The molecule has 4 nitrogen and oxygen atoms in total. The lowest BCUT2D eigenvalue weighted by atomic mass is 10.2. The molecular weight excluding hydrogens is 328 g/mol. The van der Waals surface area contributed by atoms with Gasteiger partial charge in [0.1, 0.15) is 23.7 Å². The van der Waals surface area contributed by atoms with Gasteiger partial charge in [0.2, 0.25) is 0 Å². The molecular formula is C19H13F2NO3. The molecule has 0 saturated carbocycles. The maximum atomic E-state index is 13.6. The molecule has 0 N–H and O–H groups in total. The van der Waals surface area contributed by atoms with Crippen LogP contribution in [0.2, 0.25) is 0 Å². The molecule has 0 atom stereocenters. The van der Waals surface area contributed by atoms with E-state index in [2.05, 4.69) is 4.98 Å². The molecule has 0 aliphatic rings. The largest absolute Gasteiger partial charge is 0.457 e. The van der Waals surface area contributed by atoms with Gasteiger partial charge in [0.05, 0.1) is 6.20 Å². The SMILES string of the molecule is O=C(OCc1cccc(F)c1F)c1ccccc1Oc1cccnc1. The molecule has 25 heavy (non-hydrogen) atoms. The third-order valence-electron chi connectivity index (χ3n) is 3.36. The fourth-order valence-electron chi connectivity index (χ4n) is 2.14. The van der Waals surface area contributed by atoms with Crippen LogP contribution in [0.1, 0.15) is 15.9 Å². The molecule has 2 aromatic carbocycles. The Kier molecular flexibility index (Phi) is 4.99. The van der Waals surface area contributed by atoms with E-state index in [1.165, 1.54) is 24.4 Å². The molecule has 3 rings (SSSR count). The second-order valence-electron chi connectivity index (χ2n) is 5.08. The first-order chi connectivity index (χ1) is 12.1. The summed E-state index contributed by atoms with van der Waals surface area (Å²) in [5.74, 6) is -1.99. The van der Waals surface area contributed by atoms with Crippen LogP contribution in [-0.4, -0.2) is 11.0 Å². The minimum Gasteiger partial charge on any atom is -0.457 e. The number of esters is 1. The second kappa shape index (κ2) is 7.53. The highest BCUT2D eigenvalue weighted by molar-refractivity contribution is 5.92. The number of carbonyl (C=O) groups is 1. The van der Waals surface area contributed by atoms with Crippen molar-refractivity contribution < 1.29 is 23.0 Å². The molecule has 0 amide bonds. The number of para-hydroxylation sites is 1. The molecule has 0 fully saturated rings. The van der Waals surface area contributed by atoms with E-state index in [0.29, 0.717) is 5.75 Å². The predicted octanol–water partition coefficient (Wildman–Crippen LogP) is 4.51. The number of aromatic nitrogens is 1. The first-order valence-electron chi connectivity index (χ1n) is 7.42. The Labute approximate surface area is 142 Å². The van der Waals surface area contributed by atoms with E-state index in [9.17, 15) is 13.6 Å². The van der Waals surface area contributed by atoms with E-state index in [1.54, 1.807) is 36.5 Å². The van der Waals surface area contributed by atoms with Crippen molar-refractivity contribution in [1.82, 2.24) is 4.98 Å². The molecule has 0 bridgehead atoms. The van der Waals surface area contributed by atoms with Gasteiger partial charge < -0.3 is 9.47 Å². The molecule has 1 heterocycles. The van der Waals surface area contributed by atoms with Crippen LogP contribution in [0.15, 0.2) is 67.0 Å². The molecule has 0 radical (unpaired) electrons. The number of hydrogen-bond acceptors (Lipinski definition) is 4. The van der Waals surface area contributed by atoms with Crippen molar-refractivity contribution in [2.45, 2.75) is 6.61 Å². The summed E-state index contributed by atoms with van der Waals surface area (Å²) < 4.78 is 37.5. The Morgan fingerprint density at radius 3 is 2.64 bits per heavy atom. The maximum absolute atomic E-state index is 13.6. The number of carbonyl (C=O) groups excluding carboxylic acids is 1. The number of ether oxygens (including phenoxy) is 2. The Balaban J connectivity index is 1.75. The van der Waals surface area contributed by atoms with Crippen molar-refractivity contribution in [3.63, 3.8) is 0 Å². The summed E-state index contributed by atoms with van der Waals surface area (Å²) in [6.07, 6.45) is 3.10. The van der Waals surface area contributed by atoms with Gasteiger partial charge in [-0.05, 0) is 30.3 Å².